The van der Waals surface area contributed by atoms with E-state index >= 15 is 0 Å². The highest BCUT2D eigenvalue weighted by Gasteiger charge is 2.26. The van der Waals surface area contributed by atoms with Crippen LogP contribution in [-0.4, -0.2) is 41.6 Å². The lowest BCUT2D eigenvalue weighted by molar-refractivity contribution is -0.137. The van der Waals surface area contributed by atoms with Crippen LogP contribution in [0.2, 0.25) is 0 Å². The number of aromatic hydroxyl groups is 1. The maximum absolute atomic E-state index is 12.2. The second kappa shape index (κ2) is 7.30. The highest BCUT2D eigenvalue weighted by atomic mass is 127. The zero-order valence-corrected chi connectivity index (χ0v) is 14.9. The number of carbonyl (C=O) groups is 2. The summed E-state index contributed by atoms with van der Waals surface area (Å²) in [5.41, 5.74) is 0.0834. The summed E-state index contributed by atoms with van der Waals surface area (Å²) < 4.78 is 5.87. The summed E-state index contributed by atoms with van der Waals surface area (Å²) in [7, 11) is 0. The van der Waals surface area contributed by atoms with E-state index in [9.17, 15) is 14.7 Å². The molecule has 0 saturated carbocycles. The molecule has 22 heavy (non-hydrogen) atoms. The monoisotopic (exact) mass is 417 g/mol. The van der Waals surface area contributed by atoms with Gasteiger partial charge in [-0.05, 0) is 59.0 Å². The summed E-state index contributed by atoms with van der Waals surface area (Å²) >= 11 is 2.04. The summed E-state index contributed by atoms with van der Waals surface area (Å²) in [5.74, 6) is -0.0799. The Morgan fingerprint density at radius 2 is 1.95 bits per heavy atom. The van der Waals surface area contributed by atoms with Gasteiger partial charge in [0.1, 0.15) is 11.3 Å². The number of phenolic OH excluding ortho intramolecular Hbond substituents is 1. The molecule has 120 valence electrons. The lowest BCUT2D eigenvalue weighted by Crippen LogP contribution is -2.44. The fourth-order valence-corrected chi connectivity index (χ4v) is 3.33. The minimum absolute atomic E-state index is 0.0834. The van der Waals surface area contributed by atoms with Gasteiger partial charge in [-0.1, -0.05) is 13.8 Å². The molecule has 0 bridgehead atoms. The number of phenols is 1. The number of hydrogen-bond donors (Lipinski definition) is 1. The first kappa shape index (κ1) is 17.1. The van der Waals surface area contributed by atoms with Crippen LogP contribution in [0, 0.1) is 15.4 Å². The molecule has 0 aliphatic carbocycles. The fraction of sp³-hybridized carbons (Fsp3) is 0.500. The van der Waals surface area contributed by atoms with Gasteiger partial charge >= 0.3 is 5.97 Å². The summed E-state index contributed by atoms with van der Waals surface area (Å²) in [6, 6.07) is 4.66. The molecular weight excluding hydrogens is 397 g/mol. The van der Waals surface area contributed by atoms with Gasteiger partial charge < -0.3 is 14.7 Å². The quantitative estimate of drug-likeness (QED) is 0.607. The molecule has 2 rings (SSSR count). The third-order valence-electron chi connectivity index (χ3n) is 3.73. The minimum Gasteiger partial charge on any atom is -0.507 e. The van der Waals surface area contributed by atoms with E-state index in [0.717, 1.165) is 9.99 Å². The maximum Gasteiger partial charge on any atom is 0.342 e. The maximum atomic E-state index is 12.2. The predicted molar refractivity (Wildman–Crippen MR) is 90.6 cm³/mol. The molecule has 1 aliphatic rings. The fourth-order valence-electron chi connectivity index (χ4n) is 2.83. The molecule has 2 unspecified atom stereocenters. The van der Waals surface area contributed by atoms with E-state index in [-0.39, 0.29) is 23.8 Å². The summed E-state index contributed by atoms with van der Waals surface area (Å²) in [6.45, 7) is 5.35. The molecule has 5 nitrogen and oxygen atoms in total. The van der Waals surface area contributed by atoms with Crippen molar-refractivity contribution in [3.8, 4) is 5.75 Å². The van der Waals surface area contributed by atoms with E-state index in [1.807, 2.05) is 22.6 Å². The number of ether oxygens (including phenoxy) is 1. The lowest BCUT2D eigenvalue weighted by atomic mass is 9.92. The lowest BCUT2D eigenvalue weighted by Gasteiger charge is -2.34. The number of benzene rings is 1. The highest BCUT2D eigenvalue weighted by Crippen LogP contribution is 2.22. The van der Waals surface area contributed by atoms with Crippen molar-refractivity contribution in [3.63, 3.8) is 0 Å². The molecular formula is C16H20INO4. The van der Waals surface area contributed by atoms with Gasteiger partial charge in [-0.25, -0.2) is 4.79 Å². The number of piperidine rings is 1. The molecule has 2 atom stereocenters. The Morgan fingerprint density at radius 3 is 2.59 bits per heavy atom. The number of carbonyl (C=O) groups excluding carboxylic acids is 2. The molecule has 1 aromatic rings. The second-order valence-electron chi connectivity index (χ2n) is 5.98. The largest absolute Gasteiger partial charge is 0.507 e. The van der Waals surface area contributed by atoms with Crippen molar-refractivity contribution < 1.29 is 19.4 Å². The Labute approximate surface area is 143 Å². The predicted octanol–water partition coefficient (Wildman–Crippen LogP) is 2.66. The molecule has 1 saturated heterocycles. The minimum atomic E-state index is -0.678. The van der Waals surface area contributed by atoms with E-state index in [1.54, 1.807) is 11.0 Å². The van der Waals surface area contributed by atoms with Crippen molar-refractivity contribution in [2.75, 3.05) is 19.7 Å². The smallest absolute Gasteiger partial charge is 0.342 e. The van der Waals surface area contributed by atoms with Crippen molar-refractivity contribution in [1.29, 1.82) is 0 Å². The first-order valence-corrected chi connectivity index (χ1v) is 8.38. The number of hydrogen-bond acceptors (Lipinski definition) is 4. The number of likely N-dealkylation sites (tertiary alicyclic amines) is 1. The molecule has 1 N–H and O–H groups in total. The SMILES string of the molecule is CC1CC(C)CN(C(=O)COC(=O)c2cc(I)ccc2O)C1. The number of amides is 1. The van der Waals surface area contributed by atoms with Crippen molar-refractivity contribution in [1.82, 2.24) is 4.90 Å². The third-order valence-corrected chi connectivity index (χ3v) is 4.40. The van der Waals surface area contributed by atoms with E-state index in [1.165, 1.54) is 12.1 Å². The van der Waals surface area contributed by atoms with Gasteiger partial charge in [-0.15, -0.1) is 0 Å². The van der Waals surface area contributed by atoms with Crippen LogP contribution < -0.4 is 0 Å². The van der Waals surface area contributed by atoms with E-state index in [2.05, 4.69) is 13.8 Å². The second-order valence-corrected chi connectivity index (χ2v) is 7.23. The normalized spacial score (nSPS) is 21.5. The van der Waals surface area contributed by atoms with E-state index < -0.39 is 5.97 Å². The van der Waals surface area contributed by atoms with Gasteiger partial charge in [-0.3, -0.25) is 4.79 Å². The molecule has 0 spiro atoms. The average molecular weight is 417 g/mol. The van der Waals surface area contributed by atoms with Crippen LogP contribution in [0.5, 0.6) is 5.75 Å². The molecule has 1 heterocycles. The van der Waals surface area contributed by atoms with Crippen LogP contribution in [0.15, 0.2) is 18.2 Å². The van der Waals surface area contributed by atoms with Crippen LogP contribution in [0.25, 0.3) is 0 Å². The molecule has 1 fully saturated rings. The van der Waals surface area contributed by atoms with Gasteiger partial charge in [0.2, 0.25) is 0 Å². The zero-order chi connectivity index (χ0) is 16.3. The molecule has 0 radical (unpaired) electrons. The number of rotatable bonds is 3. The molecule has 0 aromatic heterocycles. The molecule has 6 heteroatoms. The Kier molecular flexibility index (Phi) is 5.66. The van der Waals surface area contributed by atoms with Crippen LogP contribution in [0.4, 0.5) is 0 Å². The van der Waals surface area contributed by atoms with Crippen molar-refractivity contribution >= 4 is 34.5 Å². The number of nitrogens with zero attached hydrogens (tertiary/aromatic N) is 1. The topological polar surface area (TPSA) is 66.8 Å². The van der Waals surface area contributed by atoms with E-state index in [0.29, 0.717) is 24.9 Å². The third kappa shape index (κ3) is 4.34. The average Bonchev–Trinajstić information content (AvgIpc) is 2.45. The van der Waals surface area contributed by atoms with Crippen LogP contribution >= 0.6 is 22.6 Å². The Morgan fingerprint density at radius 1 is 1.32 bits per heavy atom. The van der Waals surface area contributed by atoms with Crippen molar-refractivity contribution in [2.24, 2.45) is 11.8 Å². The van der Waals surface area contributed by atoms with Crippen LogP contribution in [0.1, 0.15) is 30.6 Å². The summed E-state index contributed by atoms with van der Waals surface area (Å²) in [4.78, 5) is 25.9. The van der Waals surface area contributed by atoms with Crippen molar-refractivity contribution in [2.45, 2.75) is 20.3 Å². The molecule has 1 aromatic carbocycles. The van der Waals surface area contributed by atoms with Crippen LogP contribution in [0.3, 0.4) is 0 Å². The molecule has 1 aliphatic heterocycles. The van der Waals surface area contributed by atoms with Crippen LogP contribution in [-0.2, 0) is 9.53 Å². The Bertz CT molecular complexity index is 565. The highest BCUT2D eigenvalue weighted by molar-refractivity contribution is 14.1. The summed E-state index contributed by atoms with van der Waals surface area (Å²) in [5, 5.41) is 9.69. The van der Waals surface area contributed by atoms with Gasteiger partial charge in [0.05, 0.1) is 0 Å². The summed E-state index contributed by atoms with van der Waals surface area (Å²) in [6.07, 6.45) is 1.11. The number of halogens is 1. The molecule has 1 amide bonds. The Hall–Kier alpha value is -1.31. The Balaban J connectivity index is 1.93. The van der Waals surface area contributed by atoms with Gasteiger partial charge in [-0.2, -0.15) is 0 Å². The zero-order valence-electron chi connectivity index (χ0n) is 12.7. The number of esters is 1. The first-order chi connectivity index (χ1) is 10.4. The van der Waals surface area contributed by atoms with Crippen molar-refractivity contribution in [3.05, 3.63) is 27.3 Å². The standard InChI is InChI=1S/C16H20INO4/c1-10-5-11(2)8-18(7-10)15(20)9-22-16(21)13-6-12(17)3-4-14(13)19/h3-4,6,10-11,19H,5,7-9H2,1-2H3. The van der Waals surface area contributed by atoms with Gasteiger partial charge in [0.25, 0.3) is 5.91 Å². The first-order valence-electron chi connectivity index (χ1n) is 7.30. The van der Waals surface area contributed by atoms with E-state index in [4.69, 9.17) is 4.74 Å². The van der Waals surface area contributed by atoms with Gasteiger partial charge in [0.15, 0.2) is 6.61 Å². The van der Waals surface area contributed by atoms with Gasteiger partial charge in [0, 0.05) is 16.7 Å².